The van der Waals surface area contributed by atoms with Gasteiger partial charge in [-0.05, 0) is 43.5 Å². The second-order valence-electron chi connectivity index (χ2n) is 5.04. The fourth-order valence-corrected chi connectivity index (χ4v) is 2.25. The van der Waals surface area contributed by atoms with Crippen LogP contribution >= 0.6 is 0 Å². The van der Waals surface area contributed by atoms with E-state index in [1.54, 1.807) is 0 Å². The highest BCUT2D eigenvalue weighted by molar-refractivity contribution is 5.51. The van der Waals surface area contributed by atoms with E-state index in [2.05, 4.69) is 19.2 Å². The van der Waals surface area contributed by atoms with E-state index in [4.69, 9.17) is 4.84 Å². The van der Waals surface area contributed by atoms with Crippen molar-refractivity contribution in [2.45, 2.75) is 38.7 Å². The molecule has 1 aliphatic heterocycles. The predicted molar refractivity (Wildman–Crippen MR) is 71.8 cm³/mol. The summed E-state index contributed by atoms with van der Waals surface area (Å²) in [6.07, 6.45) is 1.96. The highest BCUT2D eigenvalue weighted by atomic mass is 16.9. The van der Waals surface area contributed by atoms with Gasteiger partial charge in [-0.2, -0.15) is 0 Å². The number of anilines is 1. The van der Waals surface area contributed by atoms with Crippen LogP contribution in [0.4, 0.5) is 5.69 Å². The van der Waals surface area contributed by atoms with Crippen molar-refractivity contribution in [3.05, 3.63) is 29.8 Å². The number of nitrogens with zero attached hydrogens (tertiary/aromatic N) is 1. The first-order chi connectivity index (χ1) is 8.68. The molecule has 1 aromatic rings. The molecule has 18 heavy (non-hydrogen) atoms. The quantitative estimate of drug-likeness (QED) is 0.806. The Hall–Kier alpha value is -1.10. The van der Waals surface area contributed by atoms with Crippen LogP contribution in [-0.2, 0) is 4.84 Å². The van der Waals surface area contributed by atoms with Crippen molar-refractivity contribution in [1.29, 1.82) is 0 Å². The van der Waals surface area contributed by atoms with Crippen LogP contribution in [0.15, 0.2) is 24.3 Å². The van der Waals surface area contributed by atoms with E-state index < -0.39 is 0 Å². The zero-order valence-electron chi connectivity index (χ0n) is 11.1. The largest absolute Gasteiger partial charge is 0.317 e. The molecule has 0 bridgehead atoms. The van der Waals surface area contributed by atoms with Crippen molar-refractivity contribution in [1.82, 2.24) is 5.32 Å². The summed E-state index contributed by atoms with van der Waals surface area (Å²) in [5, 5.41) is 14.3. The van der Waals surface area contributed by atoms with Crippen LogP contribution < -0.4 is 10.5 Å². The molecule has 1 aliphatic rings. The lowest BCUT2D eigenvalue weighted by Crippen LogP contribution is -2.36. The molecule has 0 aliphatic carbocycles. The van der Waals surface area contributed by atoms with E-state index in [1.165, 1.54) is 0 Å². The fraction of sp³-hybridized carbons (Fsp3) is 0.571. The smallest absolute Gasteiger partial charge is 0.0979 e. The molecule has 0 saturated carbocycles. The fourth-order valence-electron chi connectivity index (χ4n) is 2.25. The molecule has 100 valence electrons. The molecule has 0 unspecified atom stereocenters. The Kier molecular flexibility index (Phi) is 4.58. The van der Waals surface area contributed by atoms with E-state index in [9.17, 15) is 5.21 Å². The second-order valence-corrected chi connectivity index (χ2v) is 5.04. The Bertz CT molecular complexity index is 376. The zero-order valence-corrected chi connectivity index (χ0v) is 11.1. The Balaban J connectivity index is 2.05. The Morgan fingerprint density at radius 2 is 1.94 bits per heavy atom. The van der Waals surface area contributed by atoms with Crippen LogP contribution in [0.25, 0.3) is 0 Å². The van der Waals surface area contributed by atoms with Gasteiger partial charge in [-0.3, -0.25) is 5.21 Å². The van der Waals surface area contributed by atoms with E-state index >= 15 is 0 Å². The molecule has 1 fully saturated rings. The first-order valence-corrected chi connectivity index (χ1v) is 6.64. The molecule has 0 spiro atoms. The number of hydrogen-bond donors (Lipinski definition) is 2. The summed E-state index contributed by atoms with van der Waals surface area (Å²) in [6, 6.07) is 7.80. The molecule has 2 N–H and O–H groups in total. The van der Waals surface area contributed by atoms with Gasteiger partial charge in [-0.25, -0.2) is 4.84 Å². The second kappa shape index (κ2) is 6.18. The summed E-state index contributed by atoms with van der Waals surface area (Å²) >= 11 is 0. The molecule has 2 rings (SSSR count). The maximum Gasteiger partial charge on any atom is 0.0979 e. The Morgan fingerprint density at radius 1 is 1.28 bits per heavy atom. The lowest BCUT2D eigenvalue weighted by molar-refractivity contribution is -0.0927. The zero-order chi connectivity index (χ0) is 13.0. The number of piperidine rings is 1. The minimum atomic E-state index is 0.0940. The highest BCUT2D eigenvalue weighted by Crippen LogP contribution is 2.27. The summed E-state index contributed by atoms with van der Waals surface area (Å²) in [4.78, 5) is 5.62. The van der Waals surface area contributed by atoms with Crippen LogP contribution in [0.1, 0.15) is 38.2 Å². The first kappa shape index (κ1) is 13.3. The molecule has 4 nitrogen and oxygen atoms in total. The molecule has 1 saturated heterocycles. The minimum Gasteiger partial charge on any atom is -0.317 e. The normalized spacial score (nSPS) is 17.1. The lowest BCUT2D eigenvalue weighted by Gasteiger charge is -2.28. The average Bonchev–Trinajstić information content (AvgIpc) is 2.40. The van der Waals surface area contributed by atoms with Gasteiger partial charge in [0.15, 0.2) is 0 Å². The number of nitrogens with one attached hydrogen (secondary N) is 1. The summed E-state index contributed by atoms with van der Waals surface area (Å²) in [7, 11) is 0. The third-order valence-electron chi connectivity index (χ3n) is 3.30. The summed E-state index contributed by atoms with van der Waals surface area (Å²) in [5.41, 5.74) is 1.83. The lowest BCUT2D eigenvalue weighted by atomic mass is 10.0. The van der Waals surface area contributed by atoms with Crippen molar-refractivity contribution < 1.29 is 10.0 Å². The van der Waals surface area contributed by atoms with Crippen molar-refractivity contribution >= 4 is 5.69 Å². The number of para-hydroxylation sites is 1. The minimum absolute atomic E-state index is 0.0940. The van der Waals surface area contributed by atoms with Gasteiger partial charge in [0, 0.05) is 0 Å². The van der Waals surface area contributed by atoms with Crippen LogP contribution in [0.5, 0.6) is 0 Å². The van der Waals surface area contributed by atoms with Crippen molar-refractivity contribution in [3.8, 4) is 0 Å². The van der Waals surface area contributed by atoms with Gasteiger partial charge in [-0.1, -0.05) is 32.0 Å². The average molecular weight is 250 g/mol. The van der Waals surface area contributed by atoms with Crippen LogP contribution in [-0.4, -0.2) is 24.4 Å². The molecule has 0 aromatic heterocycles. The first-order valence-electron chi connectivity index (χ1n) is 6.64. The summed E-state index contributed by atoms with van der Waals surface area (Å²) < 4.78 is 0. The molecular weight excluding hydrogens is 228 g/mol. The third-order valence-corrected chi connectivity index (χ3v) is 3.30. The molecule has 0 amide bonds. The molecule has 1 aromatic carbocycles. The summed E-state index contributed by atoms with van der Waals surface area (Å²) in [6.45, 7) is 6.11. The van der Waals surface area contributed by atoms with Gasteiger partial charge in [-0.15, -0.1) is 5.23 Å². The number of benzene rings is 1. The van der Waals surface area contributed by atoms with Crippen LogP contribution in [0.3, 0.4) is 0 Å². The van der Waals surface area contributed by atoms with Gasteiger partial charge in [0.05, 0.1) is 11.8 Å². The van der Waals surface area contributed by atoms with Crippen LogP contribution in [0.2, 0.25) is 0 Å². The summed E-state index contributed by atoms with van der Waals surface area (Å²) in [5.74, 6) is 0.354. The monoisotopic (exact) mass is 250 g/mol. The van der Waals surface area contributed by atoms with Crippen molar-refractivity contribution in [2.24, 2.45) is 0 Å². The van der Waals surface area contributed by atoms with E-state index in [-0.39, 0.29) is 6.10 Å². The predicted octanol–water partition coefficient (Wildman–Crippen LogP) is 2.69. The molecule has 1 heterocycles. The van der Waals surface area contributed by atoms with Crippen LogP contribution in [0, 0.1) is 0 Å². The van der Waals surface area contributed by atoms with Crippen molar-refractivity contribution in [2.75, 3.05) is 18.3 Å². The van der Waals surface area contributed by atoms with E-state index in [1.807, 2.05) is 24.3 Å². The van der Waals surface area contributed by atoms with Gasteiger partial charge in [0.1, 0.15) is 0 Å². The Labute approximate surface area is 108 Å². The number of rotatable bonds is 4. The maximum absolute atomic E-state index is 10.1. The molecular formula is C14H22N2O2. The molecule has 0 radical (unpaired) electrons. The number of hydrogen-bond acceptors (Lipinski definition) is 4. The Morgan fingerprint density at radius 3 is 2.61 bits per heavy atom. The SMILES string of the molecule is CC(C)c1ccccc1N(O)OC1CCNCC1. The van der Waals surface area contributed by atoms with Crippen molar-refractivity contribution in [3.63, 3.8) is 0 Å². The third kappa shape index (κ3) is 3.22. The van der Waals surface area contributed by atoms with Gasteiger partial charge < -0.3 is 5.32 Å². The maximum atomic E-state index is 10.1. The molecule has 0 atom stereocenters. The van der Waals surface area contributed by atoms with Gasteiger partial charge >= 0.3 is 0 Å². The molecule has 4 heteroatoms. The van der Waals surface area contributed by atoms with Gasteiger partial charge in [0.25, 0.3) is 0 Å². The van der Waals surface area contributed by atoms with Gasteiger partial charge in [0.2, 0.25) is 0 Å². The standard InChI is InChI=1S/C14H22N2O2/c1-11(2)13-5-3-4-6-14(13)16(17)18-12-7-9-15-10-8-12/h3-6,11-12,15,17H,7-10H2,1-2H3. The van der Waals surface area contributed by atoms with E-state index in [0.29, 0.717) is 5.92 Å². The topological polar surface area (TPSA) is 44.7 Å². The highest BCUT2D eigenvalue weighted by Gasteiger charge is 2.19. The van der Waals surface area contributed by atoms with E-state index in [0.717, 1.165) is 42.4 Å².